The van der Waals surface area contributed by atoms with E-state index in [9.17, 15) is 9.90 Å². The molecule has 26 heavy (non-hydrogen) atoms. The summed E-state index contributed by atoms with van der Waals surface area (Å²) in [4.78, 5) is 14.2. The third kappa shape index (κ3) is 4.26. The molecule has 5 nitrogen and oxygen atoms in total. The van der Waals surface area contributed by atoms with Crippen LogP contribution in [0.2, 0.25) is 0 Å². The molecule has 3 rings (SSSR count). The average Bonchev–Trinajstić information content (AvgIpc) is 2.90. The molecule has 0 radical (unpaired) electrons. The summed E-state index contributed by atoms with van der Waals surface area (Å²) in [5.41, 5.74) is 2.18. The minimum Gasteiger partial charge on any atom is -0.494 e. The first kappa shape index (κ1) is 18.1. The molecular weight excluding hydrogens is 348 g/mol. The maximum Gasteiger partial charge on any atom is 0.309 e. The Balaban J connectivity index is 1.53. The van der Waals surface area contributed by atoms with Crippen LogP contribution in [0, 0.1) is 0 Å². The van der Waals surface area contributed by atoms with E-state index < -0.39 is 0 Å². The van der Waals surface area contributed by atoms with Crippen molar-refractivity contribution in [3.8, 4) is 11.6 Å². The molecule has 0 unspecified atom stereocenters. The van der Waals surface area contributed by atoms with Crippen molar-refractivity contribution in [1.29, 1.82) is 0 Å². The monoisotopic (exact) mass is 370 g/mol. The topological polar surface area (TPSA) is 54.7 Å². The van der Waals surface area contributed by atoms with Gasteiger partial charge in [-0.3, -0.25) is 9.36 Å². The van der Waals surface area contributed by atoms with Crippen molar-refractivity contribution in [1.82, 2.24) is 4.57 Å². The van der Waals surface area contributed by atoms with Gasteiger partial charge in [-0.1, -0.05) is 41.7 Å². The summed E-state index contributed by atoms with van der Waals surface area (Å²) in [5.74, 6) is 0.852. The normalized spacial score (nSPS) is 10.7. The maximum absolute atomic E-state index is 11.6. The lowest BCUT2D eigenvalue weighted by Crippen LogP contribution is -2.23. The zero-order valence-electron chi connectivity index (χ0n) is 14.9. The fourth-order valence-electron chi connectivity index (χ4n) is 2.61. The molecule has 136 valence electrons. The van der Waals surface area contributed by atoms with E-state index in [1.165, 1.54) is 4.57 Å². The first-order valence-electron chi connectivity index (χ1n) is 8.40. The van der Waals surface area contributed by atoms with Crippen LogP contribution < -0.4 is 14.5 Å². The Morgan fingerprint density at radius 3 is 2.42 bits per heavy atom. The van der Waals surface area contributed by atoms with Crippen molar-refractivity contribution in [2.75, 3.05) is 25.1 Å². The van der Waals surface area contributed by atoms with Crippen molar-refractivity contribution in [3.63, 3.8) is 0 Å². The van der Waals surface area contributed by atoms with E-state index in [0.717, 1.165) is 34.9 Å². The van der Waals surface area contributed by atoms with Gasteiger partial charge >= 0.3 is 4.87 Å². The molecule has 0 saturated carbocycles. The van der Waals surface area contributed by atoms with E-state index in [1.54, 1.807) is 7.05 Å². The summed E-state index contributed by atoms with van der Waals surface area (Å²) in [6.07, 6.45) is 0.531. The van der Waals surface area contributed by atoms with Gasteiger partial charge in [0.25, 0.3) is 0 Å². The lowest BCUT2D eigenvalue weighted by molar-refractivity contribution is 0.326. The van der Waals surface area contributed by atoms with E-state index in [-0.39, 0.29) is 10.8 Å². The third-order valence-corrected chi connectivity index (χ3v) is 5.25. The van der Waals surface area contributed by atoms with E-state index in [2.05, 4.69) is 17.0 Å². The summed E-state index contributed by atoms with van der Waals surface area (Å²) in [7, 11) is 3.61. The second-order valence-electron chi connectivity index (χ2n) is 6.10. The Kier molecular flexibility index (Phi) is 5.63. The van der Waals surface area contributed by atoms with E-state index >= 15 is 0 Å². The standard InChI is InChI=1S/C20H22N2O3S/c1-21(16-6-4-3-5-7-16)12-13-25-17-10-8-15(9-11-17)14-18-19(23)22(2)20(24)26-18/h3-11,23H,12-14H2,1-2H3. The second kappa shape index (κ2) is 8.10. The zero-order chi connectivity index (χ0) is 18.5. The summed E-state index contributed by atoms with van der Waals surface area (Å²) < 4.78 is 7.07. The van der Waals surface area contributed by atoms with Crippen molar-refractivity contribution in [2.45, 2.75) is 6.42 Å². The van der Waals surface area contributed by atoms with Gasteiger partial charge < -0.3 is 14.7 Å². The Morgan fingerprint density at radius 2 is 1.81 bits per heavy atom. The van der Waals surface area contributed by atoms with Crippen molar-refractivity contribution in [2.24, 2.45) is 7.05 Å². The number of para-hydroxylation sites is 1. The molecule has 2 aromatic carbocycles. The highest BCUT2D eigenvalue weighted by Gasteiger charge is 2.11. The SMILES string of the molecule is CN(CCOc1ccc(Cc2sc(=O)n(C)c2O)cc1)c1ccccc1. The van der Waals surface area contributed by atoms with Gasteiger partial charge in [-0.05, 0) is 29.8 Å². The Morgan fingerprint density at radius 1 is 1.12 bits per heavy atom. The molecule has 1 heterocycles. The average molecular weight is 370 g/mol. The van der Waals surface area contributed by atoms with Crippen molar-refractivity contribution < 1.29 is 9.84 Å². The van der Waals surface area contributed by atoms with Crippen LogP contribution in [0.5, 0.6) is 11.6 Å². The largest absolute Gasteiger partial charge is 0.494 e. The van der Waals surface area contributed by atoms with Gasteiger partial charge in [-0.25, -0.2) is 0 Å². The molecule has 0 aliphatic rings. The summed E-state index contributed by atoms with van der Waals surface area (Å²) in [5, 5.41) is 9.94. The molecule has 1 N–H and O–H groups in total. The number of likely N-dealkylation sites (N-methyl/N-ethyl adjacent to an activating group) is 1. The molecule has 0 spiro atoms. The number of rotatable bonds is 7. The van der Waals surface area contributed by atoms with Crippen LogP contribution >= 0.6 is 11.3 Å². The summed E-state index contributed by atoms with van der Waals surface area (Å²) in [6, 6.07) is 17.9. The first-order chi connectivity index (χ1) is 12.5. The summed E-state index contributed by atoms with van der Waals surface area (Å²) >= 11 is 1.08. The number of aromatic hydroxyl groups is 1. The van der Waals surface area contributed by atoms with Crippen LogP contribution in [0.4, 0.5) is 5.69 Å². The third-order valence-electron chi connectivity index (χ3n) is 4.23. The van der Waals surface area contributed by atoms with Gasteiger partial charge in [-0.15, -0.1) is 0 Å². The van der Waals surface area contributed by atoms with Crippen molar-refractivity contribution in [3.05, 3.63) is 74.7 Å². The molecule has 0 saturated heterocycles. The molecule has 3 aromatic rings. The van der Waals surface area contributed by atoms with E-state index in [0.29, 0.717) is 17.9 Å². The van der Waals surface area contributed by atoms with Gasteiger partial charge in [0.2, 0.25) is 5.88 Å². The van der Waals surface area contributed by atoms with Gasteiger partial charge in [0, 0.05) is 26.2 Å². The lowest BCUT2D eigenvalue weighted by atomic mass is 10.1. The van der Waals surface area contributed by atoms with Crippen LogP contribution in [0.15, 0.2) is 59.4 Å². The van der Waals surface area contributed by atoms with Crippen LogP contribution in [0.3, 0.4) is 0 Å². The number of aromatic nitrogens is 1. The number of nitrogens with zero attached hydrogens (tertiary/aromatic N) is 2. The van der Waals surface area contributed by atoms with Gasteiger partial charge in [0.1, 0.15) is 12.4 Å². The predicted molar refractivity (Wildman–Crippen MR) is 106 cm³/mol. The number of benzene rings is 2. The number of ether oxygens (including phenoxy) is 1. The Hall–Kier alpha value is -2.73. The highest BCUT2D eigenvalue weighted by molar-refractivity contribution is 7.09. The fraction of sp³-hybridized carbons (Fsp3) is 0.250. The summed E-state index contributed by atoms with van der Waals surface area (Å²) in [6.45, 7) is 1.38. The second-order valence-corrected chi connectivity index (χ2v) is 7.15. The van der Waals surface area contributed by atoms with Gasteiger partial charge in [-0.2, -0.15) is 0 Å². The molecule has 0 fully saturated rings. The first-order valence-corrected chi connectivity index (χ1v) is 9.22. The maximum atomic E-state index is 11.6. The molecule has 1 aromatic heterocycles. The molecule has 0 aliphatic heterocycles. The minimum absolute atomic E-state index is 0.0456. The van der Waals surface area contributed by atoms with Gasteiger partial charge in [0.05, 0.1) is 11.4 Å². The lowest BCUT2D eigenvalue weighted by Gasteiger charge is -2.19. The molecular formula is C20H22N2O3S. The van der Waals surface area contributed by atoms with E-state index in [1.807, 2.05) is 49.5 Å². The molecule has 6 heteroatoms. The van der Waals surface area contributed by atoms with Gasteiger partial charge in [0.15, 0.2) is 0 Å². The Labute approximate surface area is 156 Å². The van der Waals surface area contributed by atoms with Crippen molar-refractivity contribution >= 4 is 17.0 Å². The Bertz CT molecular complexity index is 901. The zero-order valence-corrected chi connectivity index (χ0v) is 15.7. The molecule has 0 bridgehead atoms. The highest BCUT2D eigenvalue weighted by atomic mass is 32.1. The highest BCUT2D eigenvalue weighted by Crippen LogP contribution is 2.23. The number of anilines is 1. The smallest absolute Gasteiger partial charge is 0.309 e. The molecule has 0 aliphatic carbocycles. The van der Waals surface area contributed by atoms with Crippen LogP contribution in [0.25, 0.3) is 0 Å². The number of hydrogen-bond donors (Lipinski definition) is 1. The van der Waals surface area contributed by atoms with E-state index in [4.69, 9.17) is 4.74 Å². The van der Waals surface area contributed by atoms with Crippen LogP contribution in [-0.2, 0) is 13.5 Å². The fourth-order valence-corrected chi connectivity index (χ4v) is 3.51. The molecule has 0 amide bonds. The quantitative estimate of drug-likeness (QED) is 0.694. The predicted octanol–water partition coefficient (Wildman–Crippen LogP) is 3.26. The minimum atomic E-state index is -0.153. The van der Waals surface area contributed by atoms with Crippen LogP contribution in [-0.4, -0.2) is 29.9 Å². The number of hydrogen-bond acceptors (Lipinski definition) is 5. The van der Waals surface area contributed by atoms with Crippen LogP contribution in [0.1, 0.15) is 10.4 Å². The number of thiazole rings is 1. The molecule has 0 atom stereocenters.